The Morgan fingerprint density at radius 1 is 1.03 bits per heavy atom. The SMILES string of the molecule is CSCCC(NC(=O)c1ccccc1)C(=O)N1CCCN(Cc2ccc(Cl)cc2)CC1. The highest BCUT2D eigenvalue weighted by molar-refractivity contribution is 7.98. The van der Waals surface area contributed by atoms with E-state index in [1.165, 1.54) is 5.56 Å². The van der Waals surface area contributed by atoms with Crippen LogP contribution < -0.4 is 5.32 Å². The van der Waals surface area contributed by atoms with Gasteiger partial charge in [0, 0.05) is 43.3 Å². The van der Waals surface area contributed by atoms with Gasteiger partial charge < -0.3 is 10.2 Å². The van der Waals surface area contributed by atoms with E-state index in [0.29, 0.717) is 25.1 Å². The van der Waals surface area contributed by atoms with Gasteiger partial charge in [-0.1, -0.05) is 41.9 Å². The molecule has 2 aromatic carbocycles. The molecule has 7 heteroatoms. The monoisotopic (exact) mass is 459 g/mol. The van der Waals surface area contributed by atoms with Crippen LogP contribution in [0.5, 0.6) is 0 Å². The first-order chi connectivity index (χ1) is 15.1. The second-order valence-corrected chi connectivity index (χ2v) is 9.18. The zero-order valence-electron chi connectivity index (χ0n) is 17.9. The Morgan fingerprint density at radius 2 is 1.77 bits per heavy atom. The summed E-state index contributed by atoms with van der Waals surface area (Å²) in [6, 6.07) is 16.5. The van der Waals surface area contributed by atoms with E-state index in [4.69, 9.17) is 11.6 Å². The third-order valence-electron chi connectivity index (χ3n) is 5.47. The Labute approximate surface area is 194 Å². The van der Waals surface area contributed by atoms with Gasteiger partial charge in [-0.25, -0.2) is 0 Å². The van der Waals surface area contributed by atoms with Crippen molar-refractivity contribution in [2.75, 3.05) is 38.2 Å². The molecule has 1 aliphatic heterocycles. The van der Waals surface area contributed by atoms with Crippen LogP contribution in [0, 0.1) is 0 Å². The van der Waals surface area contributed by atoms with E-state index in [1.54, 1.807) is 23.9 Å². The third kappa shape index (κ3) is 7.27. The summed E-state index contributed by atoms with van der Waals surface area (Å²) in [5, 5.41) is 3.71. The second-order valence-electron chi connectivity index (χ2n) is 7.76. The van der Waals surface area contributed by atoms with Gasteiger partial charge in [0.1, 0.15) is 6.04 Å². The maximum Gasteiger partial charge on any atom is 0.251 e. The van der Waals surface area contributed by atoms with Crippen molar-refractivity contribution < 1.29 is 9.59 Å². The van der Waals surface area contributed by atoms with Crippen LogP contribution in [0.1, 0.15) is 28.8 Å². The summed E-state index contributed by atoms with van der Waals surface area (Å²) >= 11 is 7.67. The number of nitrogens with one attached hydrogen (secondary N) is 1. The second kappa shape index (κ2) is 12.1. The average Bonchev–Trinajstić information content (AvgIpc) is 3.03. The molecule has 0 spiro atoms. The number of amides is 2. The fourth-order valence-electron chi connectivity index (χ4n) is 3.74. The van der Waals surface area contributed by atoms with Crippen LogP contribution in [0.2, 0.25) is 5.02 Å². The first-order valence-corrected chi connectivity index (χ1v) is 12.4. The van der Waals surface area contributed by atoms with E-state index in [9.17, 15) is 9.59 Å². The van der Waals surface area contributed by atoms with Gasteiger partial charge in [0.25, 0.3) is 5.91 Å². The largest absolute Gasteiger partial charge is 0.340 e. The van der Waals surface area contributed by atoms with Gasteiger partial charge in [-0.15, -0.1) is 0 Å². The molecular weight excluding hydrogens is 430 g/mol. The molecule has 0 saturated carbocycles. The molecule has 1 atom stereocenters. The fraction of sp³-hybridized carbons (Fsp3) is 0.417. The Balaban J connectivity index is 1.59. The van der Waals surface area contributed by atoms with Crippen LogP contribution in [-0.2, 0) is 11.3 Å². The number of carbonyl (C=O) groups is 2. The maximum atomic E-state index is 13.3. The smallest absolute Gasteiger partial charge is 0.251 e. The Kier molecular flexibility index (Phi) is 9.25. The molecule has 5 nitrogen and oxygen atoms in total. The zero-order chi connectivity index (χ0) is 22.1. The van der Waals surface area contributed by atoms with Gasteiger partial charge in [0.2, 0.25) is 5.91 Å². The van der Waals surface area contributed by atoms with Crippen LogP contribution >= 0.6 is 23.4 Å². The lowest BCUT2D eigenvalue weighted by Crippen LogP contribution is -2.49. The average molecular weight is 460 g/mol. The molecule has 0 aliphatic carbocycles. The molecule has 1 heterocycles. The lowest BCUT2D eigenvalue weighted by Gasteiger charge is -2.27. The van der Waals surface area contributed by atoms with Crippen LogP contribution in [-0.4, -0.2) is 65.8 Å². The Bertz CT molecular complexity index is 848. The molecule has 0 bridgehead atoms. The normalized spacial score (nSPS) is 15.9. The Morgan fingerprint density at radius 3 is 2.48 bits per heavy atom. The van der Waals surface area contributed by atoms with Crippen molar-refractivity contribution in [2.45, 2.75) is 25.4 Å². The fourth-order valence-corrected chi connectivity index (χ4v) is 4.34. The maximum absolute atomic E-state index is 13.3. The van der Waals surface area contributed by atoms with E-state index in [2.05, 4.69) is 10.2 Å². The molecule has 3 rings (SSSR count). The number of thioether (sulfide) groups is 1. The number of carbonyl (C=O) groups excluding carboxylic acids is 2. The lowest BCUT2D eigenvalue weighted by atomic mass is 10.1. The zero-order valence-corrected chi connectivity index (χ0v) is 19.5. The van der Waals surface area contributed by atoms with Gasteiger partial charge >= 0.3 is 0 Å². The first-order valence-electron chi connectivity index (χ1n) is 10.7. The molecule has 0 aromatic heterocycles. The van der Waals surface area contributed by atoms with Gasteiger partial charge in [0.15, 0.2) is 0 Å². The van der Waals surface area contributed by atoms with Gasteiger partial charge in [-0.2, -0.15) is 11.8 Å². The molecule has 2 aromatic rings. The highest BCUT2D eigenvalue weighted by Crippen LogP contribution is 2.14. The number of hydrogen-bond acceptors (Lipinski definition) is 4. The van der Waals surface area contributed by atoms with Crippen molar-refractivity contribution in [3.63, 3.8) is 0 Å². The van der Waals surface area contributed by atoms with Crippen LogP contribution in [0.25, 0.3) is 0 Å². The van der Waals surface area contributed by atoms with Crippen molar-refractivity contribution in [2.24, 2.45) is 0 Å². The summed E-state index contributed by atoms with van der Waals surface area (Å²) in [5.41, 5.74) is 1.80. The van der Waals surface area contributed by atoms with Gasteiger partial charge in [-0.3, -0.25) is 14.5 Å². The van der Waals surface area contributed by atoms with Crippen molar-refractivity contribution >= 4 is 35.2 Å². The summed E-state index contributed by atoms with van der Waals surface area (Å²) in [6.07, 6.45) is 3.56. The minimum Gasteiger partial charge on any atom is -0.340 e. The molecule has 1 N–H and O–H groups in total. The standard InChI is InChI=1S/C24H30ClN3O2S/c1-31-17-12-22(26-23(29)20-6-3-2-4-7-20)24(30)28-14-5-13-27(15-16-28)18-19-8-10-21(25)11-9-19/h2-4,6-11,22H,5,12-18H2,1H3,(H,26,29). The van der Waals surface area contributed by atoms with Crippen molar-refractivity contribution in [1.29, 1.82) is 0 Å². The summed E-state index contributed by atoms with van der Waals surface area (Å²) < 4.78 is 0. The quantitative estimate of drug-likeness (QED) is 0.650. The van der Waals surface area contributed by atoms with Crippen LogP contribution in [0.15, 0.2) is 54.6 Å². The van der Waals surface area contributed by atoms with E-state index >= 15 is 0 Å². The highest BCUT2D eigenvalue weighted by Gasteiger charge is 2.27. The molecule has 1 saturated heterocycles. The molecule has 1 unspecified atom stereocenters. The van der Waals surface area contributed by atoms with E-state index in [-0.39, 0.29) is 11.8 Å². The summed E-state index contributed by atoms with van der Waals surface area (Å²) in [6.45, 7) is 3.99. The topological polar surface area (TPSA) is 52.7 Å². The number of halogens is 1. The van der Waals surface area contributed by atoms with E-state index in [0.717, 1.165) is 36.8 Å². The van der Waals surface area contributed by atoms with Gasteiger partial charge in [-0.05, 0) is 54.7 Å². The number of rotatable bonds is 8. The minimum absolute atomic E-state index is 0.0201. The molecule has 1 fully saturated rings. The van der Waals surface area contributed by atoms with Crippen molar-refractivity contribution in [3.8, 4) is 0 Å². The molecular formula is C24H30ClN3O2S. The first kappa shape index (κ1) is 23.6. The molecule has 166 valence electrons. The highest BCUT2D eigenvalue weighted by atomic mass is 35.5. The molecule has 0 radical (unpaired) electrons. The lowest BCUT2D eigenvalue weighted by molar-refractivity contribution is -0.133. The summed E-state index contributed by atoms with van der Waals surface area (Å²) in [4.78, 5) is 30.2. The molecule has 31 heavy (non-hydrogen) atoms. The third-order valence-corrected chi connectivity index (χ3v) is 6.37. The molecule has 1 aliphatic rings. The van der Waals surface area contributed by atoms with E-state index < -0.39 is 6.04 Å². The number of benzene rings is 2. The predicted molar refractivity (Wildman–Crippen MR) is 129 cm³/mol. The van der Waals surface area contributed by atoms with Crippen molar-refractivity contribution in [3.05, 3.63) is 70.7 Å². The Hall–Kier alpha value is -2.02. The molecule has 2 amide bonds. The predicted octanol–water partition coefficient (Wildman–Crippen LogP) is 3.93. The summed E-state index contributed by atoms with van der Waals surface area (Å²) in [5.74, 6) is 0.646. The van der Waals surface area contributed by atoms with Crippen LogP contribution in [0.3, 0.4) is 0 Å². The number of hydrogen-bond donors (Lipinski definition) is 1. The van der Waals surface area contributed by atoms with E-state index in [1.807, 2.05) is 53.6 Å². The van der Waals surface area contributed by atoms with Gasteiger partial charge in [0.05, 0.1) is 0 Å². The van der Waals surface area contributed by atoms with Crippen molar-refractivity contribution in [1.82, 2.24) is 15.1 Å². The summed E-state index contributed by atoms with van der Waals surface area (Å²) in [7, 11) is 0. The number of nitrogens with zero attached hydrogens (tertiary/aromatic N) is 2. The van der Waals surface area contributed by atoms with Crippen LogP contribution in [0.4, 0.5) is 0 Å². The minimum atomic E-state index is -0.497.